The number of fused-ring (bicyclic) bond motifs is 1. The van der Waals surface area contributed by atoms with Gasteiger partial charge in [-0.05, 0) is 30.3 Å². The van der Waals surface area contributed by atoms with Gasteiger partial charge in [-0.15, -0.1) is 0 Å². The summed E-state index contributed by atoms with van der Waals surface area (Å²) >= 11 is 7.09. The minimum absolute atomic E-state index is 0.0444. The van der Waals surface area contributed by atoms with Gasteiger partial charge >= 0.3 is 6.03 Å². The lowest BCUT2D eigenvalue weighted by atomic mass is 10.2. The summed E-state index contributed by atoms with van der Waals surface area (Å²) in [4.78, 5) is 28.8. The molecule has 3 amide bonds. The summed E-state index contributed by atoms with van der Waals surface area (Å²) in [6, 6.07) is 11.8. The van der Waals surface area contributed by atoms with Gasteiger partial charge < -0.3 is 9.47 Å². The van der Waals surface area contributed by atoms with E-state index in [1.54, 1.807) is 30.3 Å². The number of carbonyl (C=O) groups excluding carboxylic acids is 2. The minimum Gasteiger partial charge on any atom is -0.382 e. The van der Waals surface area contributed by atoms with Gasteiger partial charge in [-0.2, -0.15) is 4.42 Å². The number of hydrogen-bond acceptors (Lipinski definition) is 8. The summed E-state index contributed by atoms with van der Waals surface area (Å²) in [6.45, 7) is 0.738. The Morgan fingerprint density at radius 1 is 1.12 bits per heavy atom. The maximum absolute atomic E-state index is 12.5. The van der Waals surface area contributed by atoms with Crippen molar-refractivity contribution in [3.8, 4) is 0 Å². The summed E-state index contributed by atoms with van der Waals surface area (Å²) in [5, 5.41) is 2.27. The van der Waals surface area contributed by atoms with Crippen LogP contribution in [0.3, 0.4) is 0 Å². The number of hydrogen-bond donors (Lipinski definition) is 1. The lowest BCUT2D eigenvalue weighted by Crippen LogP contribution is -2.38. The average Bonchev–Trinajstić information content (AvgIpc) is 3.22. The van der Waals surface area contributed by atoms with Crippen molar-refractivity contribution in [2.45, 2.75) is 4.90 Å². The maximum Gasteiger partial charge on any atom is 0.345 e. The van der Waals surface area contributed by atoms with Gasteiger partial charge in [-0.25, -0.2) is 18.2 Å². The third-order valence-corrected chi connectivity index (χ3v) is 7.33. The number of urea groups is 1. The number of sulfone groups is 1. The van der Waals surface area contributed by atoms with E-state index in [-0.39, 0.29) is 22.4 Å². The second-order valence-electron chi connectivity index (χ2n) is 6.46. The first kappa shape index (κ1) is 24.1. The van der Waals surface area contributed by atoms with Crippen molar-refractivity contribution < 1.29 is 27.5 Å². The minimum atomic E-state index is -3.57. The highest BCUT2D eigenvalue weighted by molar-refractivity contribution is 7.91. The maximum atomic E-state index is 12.5. The molecule has 12 heteroatoms. The highest BCUT2D eigenvalue weighted by Crippen LogP contribution is 2.31. The van der Waals surface area contributed by atoms with E-state index in [4.69, 9.17) is 21.3 Å². The molecule has 0 spiro atoms. The topological polar surface area (TPSA) is 115 Å². The van der Waals surface area contributed by atoms with Gasteiger partial charge in [-0.1, -0.05) is 29.5 Å². The number of methoxy groups -OCH3 is 1. The number of nitrogens with zero attached hydrogens (tertiary/aromatic N) is 2. The van der Waals surface area contributed by atoms with Gasteiger partial charge in [-0.3, -0.25) is 10.1 Å². The number of anilines is 1. The third-order valence-electron chi connectivity index (χ3n) is 4.24. The molecule has 3 rings (SSSR count). The summed E-state index contributed by atoms with van der Waals surface area (Å²) in [7, 11) is -2.04. The number of carbonyl (C=O) groups is 2. The fourth-order valence-corrected chi connectivity index (χ4v) is 4.91. The van der Waals surface area contributed by atoms with Crippen LogP contribution in [-0.4, -0.2) is 58.0 Å². The number of rotatable bonds is 9. The van der Waals surface area contributed by atoms with Crippen LogP contribution in [0.5, 0.6) is 0 Å². The molecule has 0 radical (unpaired) electrons. The van der Waals surface area contributed by atoms with Crippen LogP contribution in [0, 0.1) is 0 Å². The Labute approximate surface area is 193 Å². The number of halogens is 1. The Morgan fingerprint density at radius 2 is 1.88 bits per heavy atom. The predicted molar refractivity (Wildman–Crippen MR) is 122 cm³/mol. The smallest absolute Gasteiger partial charge is 0.345 e. The molecule has 0 aliphatic carbocycles. The molecule has 3 aromatic rings. The van der Waals surface area contributed by atoms with Gasteiger partial charge in [0.1, 0.15) is 0 Å². The molecular weight excluding hydrogens is 478 g/mol. The number of nitrogens with one attached hydrogen (secondary N) is 1. The molecule has 0 saturated carbocycles. The second kappa shape index (κ2) is 10.8. The molecule has 32 heavy (non-hydrogen) atoms. The Balaban J connectivity index is 1.69. The van der Waals surface area contributed by atoms with Crippen molar-refractivity contribution in [3.63, 3.8) is 0 Å². The van der Waals surface area contributed by atoms with E-state index < -0.39 is 21.8 Å². The van der Waals surface area contributed by atoms with Gasteiger partial charge in [0, 0.05) is 24.4 Å². The van der Waals surface area contributed by atoms with Crippen molar-refractivity contribution >= 4 is 60.2 Å². The van der Waals surface area contributed by atoms with Crippen LogP contribution >= 0.6 is 23.1 Å². The molecule has 0 aliphatic heterocycles. The van der Waals surface area contributed by atoms with Gasteiger partial charge in [0.15, 0.2) is 9.84 Å². The number of amides is 3. The van der Waals surface area contributed by atoms with Crippen LogP contribution in [0.4, 0.5) is 9.93 Å². The van der Waals surface area contributed by atoms with Crippen molar-refractivity contribution in [2.75, 3.05) is 37.1 Å². The van der Waals surface area contributed by atoms with Crippen LogP contribution < -0.4 is 9.74 Å². The molecule has 0 atom stereocenters. The zero-order valence-electron chi connectivity index (χ0n) is 17.0. The lowest BCUT2D eigenvalue weighted by molar-refractivity contribution is 0.0785. The van der Waals surface area contributed by atoms with E-state index in [0.29, 0.717) is 33.4 Å². The molecule has 0 unspecified atom stereocenters. The van der Waals surface area contributed by atoms with Crippen LogP contribution in [0.1, 0.15) is 10.4 Å². The fraction of sp³-hybridized carbons (Fsp3) is 0.250. The third kappa shape index (κ3) is 6.02. The number of aromatic nitrogens is 1. The van der Waals surface area contributed by atoms with E-state index in [1.807, 2.05) is 0 Å². The van der Waals surface area contributed by atoms with Crippen LogP contribution in [0.2, 0.25) is 0 Å². The first-order valence-corrected chi connectivity index (χ1v) is 12.2. The highest BCUT2D eigenvalue weighted by Gasteiger charge is 2.22. The molecule has 170 valence electrons. The SMILES string of the molecule is COCCOCCS(=O)(=O)c1ccc2nc(N(Cl)C(=O)NC(=O)c3ccccc3)sc2c1. The van der Waals surface area contributed by atoms with E-state index in [1.165, 1.54) is 25.3 Å². The number of thiazole rings is 1. The molecule has 0 bridgehead atoms. The van der Waals surface area contributed by atoms with Gasteiger partial charge in [0.05, 0.1) is 40.7 Å². The lowest BCUT2D eigenvalue weighted by Gasteiger charge is -2.10. The zero-order valence-corrected chi connectivity index (χ0v) is 19.4. The quantitative estimate of drug-likeness (QED) is 0.356. The van der Waals surface area contributed by atoms with Crippen LogP contribution in [-0.2, 0) is 19.3 Å². The monoisotopic (exact) mass is 497 g/mol. The number of benzene rings is 2. The van der Waals surface area contributed by atoms with E-state index >= 15 is 0 Å². The Hall–Kier alpha value is -2.57. The highest BCUT2D eigenvalue weighted by atomic mass is 35.5. The predicted octanol–water partition coefficient (Wildman–Crippen LogP) is 3.24. The zero-order chi connectivity index (χ0) is 23.1. The molecule has 0 aliphatic rings. The first-order chi connectivity index (χ1) is 15.3. The average molecular weight is 498 g/mol. The molecule has 9 nitrogen and oxygen atoms in total. The Kier molecular flexibility index (Phi) is 8.15. The van der Waals surface area contributed by atoms with Gasteiger partial charge in [0.25, 0.3) is 5.91 Å². The van der Waals surface area contributed by atoms with Crippen molar-refractivity contribution in [2.24, 2.45) is 0 Å². The summed E-state index contributed by atoms with van der Waals surface area (Å²) < 4.78 is 36.4. The van der Waals surface area contributed by atoms with E-state index in [9.17, 15) is 18.0 Å². The largest absolute Gasteiger partial charge is 0.382 e. The molecule has 1 aromatic heterocycles. The van der Waals surface area contributed by atoms with Gasteiger partial charge in [0.2, 0.25) is 5.13 Å². The van der Waals surface area contributed by atoms with E-state index in [0.717, 1.165) is 11.3 Å². The van der Waals surface area contributed by atoms with Crippen molar-refractivity contribution in [1.82, 2.24) is 10.3 Å². The summed E-state index contributed by atoms with van der Waals surface area (Å²) in [6.07, 6.45) is 0. The first-order valence-electron chi connectivity index (χ1n) is 9.38. The normalized spacial score (nSPS) is 11.4. The molecule has 2 aromatic carbocycles. The van der Waals surface area contributed by atoms with Crippen molar-refractivity contribution in [1.29, 1.82) is 0 Å². The molecule has 1 N–H and O–H groups in total. The standard InChI is InChI=1S/C20H20ClN3O6S2/c1-29-9-10-30-11-12-32(27,28)15-7-8-16-17(13-15)31-20(22-16)24(21)19(26)23-18(25)14-5-3-2-4-6-14/h2-8,13H,9-12H2,1H3,(H,23,25,26). The summed E-state index contributed by atoms with van der Waals surface area (Å²) in [5.74, 6) is -0.789. The fourth-order valence-electron chi connectivity index (χ4n) is 2.60. The summed E-state index contributed by atoms with van der Waals surface area (Å²) in [5.41, 5.74) is 0.768. The molecule has 1 heterocycles. The van der Waals surface area contributed by atoms with E-state index in [2.05, 4.69) is 10.3 Å². The van der Waals surface area contributed by atoms with Crippen LogP contribution in [0.25, 0.3) is 10.2 Å². The Bertz CT molecular complexity index is 1200. The Morgan fingerprint density at radius 3 is 2.59 bits per heavy atom. The molecule has 0 saturated heterocycles. The molecule has 0 fully saturated rings. The van der Waals surface area contributed by atoms with Crippen LogP contribution in [0.15, 0.2) is 53.4 Å². The number of ether oxygens (including phenoxy) is 2. The second-order valence-corrected chi connectivity index (χ2v) is 9.91. The van der Waals surface area contributed by atoms with Crippen molar-refractivity contribution in [3.05, 3.63) is 54.1 Å². The molecular formula is C20H20ClN3O6S2. The number of imide groups is 1.